The minimum Gasteiger partial charge on any atom is -0.421 e. The van der Waals surface area contributed by atoms with Gasteiger partial charge in [-0.3, -0.25) is 0 Å². The van der Waals surface area contributed by atoms with Crippen LogP contribution in [0.2, 0.25) is 0 Å². The van der Waals surface area contributed by atoms with Gasteiger partial charge in [0.25, 0.3) is 0 Å². The van der Waals surface area contributed by atoms with E-state index in [1.807, 2.05) is 13.0 Å². The van der Waals surface area contributed by atoms with Crippen LogP contribution in [-0.4, -0.2) is 32.3 Å². The van der Waals surface area contributed by atoms with Crippen molar-refractivity contribution in [1.82, 2.24) is 19.5 Å². The molecule has 0 bridgehead atoms. The van der Waals surface area contributed by atoms with Gasteiger partial charge in [0, 0.05) is 23.4 Å². The maximum atomic E-state index is 15.4. The van der Waals surface area contributed by atoms with Gasteiger partial charge in [0.05, 0.1) is 16.8 Å². The zero-order valence-electron chi connectivity index (χ0n) is 20.5. The van der Waals surface area contributed by atoms with Gasteiger partial charge < -0.3 is 15.0 Å². The first-order chi connectivity index (χ1) is 17.9. The molecule has 184 valence electrons. The van der Waals surface area contributed by atoms with Crippen LogP contribution in [0.5, 0.6) is 5.75 Å². The summed E-state index contributed by atoms with van der Waals surface area (Å²) < 4.78 is 23.1. The minimum absolute atomic E-state index is 0.0293. The Morgan fingerprint density at radius 1 is 1.30 bits per heavy atom. The molecule has 1 aromatic carbocycles. The Kier molecular flexibility index (Phi) is 6.24. The van der Waals surface area contributed by atoms with Gasteiger partial charge in [0.2, 0.25) is 0 Å². The molecule has 0 fully saturated rings. The number of hydrogen-bond acceptors (Lipinski definition) is 6. The molecule has 1 aliphatic heterocycles. The number of nitrogen functional groups attached to an aromatic ring is 1. The molecule has 0 atom stereocenters. The predicted molar refractivity (Wildman–Crippen MR) is 144 cm³/mol. The maximum Gasteiger partial charge on any atom is 0.321 e. The first-order valence-electron chi connectivity index (χ1n) is 11.7. The van der Waals surface area contributed by atoms with E-state index in [1.54, 1.807) is 25.1 Å². The SMILES string of the molecule is C#Cc1ccc2c(n1)CCCn1c-2c(-c2ccc(O/C(N=C)=N/C(C)=C\C)c(F)c2)c2c(N)ncnc21. The number of halogens is 1. The smallest absolute Gasteiger partial charge is 0.321 e. The highest BCUT2D eigenvalue weighted by atomic mass is 19.1. The van der Waals surface area contributed by atoms with Crippen LogP contribution in [0, 0.1) is 18.2 Å². The van der Waals surface area contributed by atoms with Crippen LogP contribution in [0.3, 0.4) is 0 Å². The highest BCUT2D eigenvalue weighted by Crippen LogP contribution is 2.45. The van der Waals surface area contributed by atoms with Crippen molar-refractivity contribution < 1.29 is 9.13 Å². The monoisotopic (exact) mass is 493 g/mol. The number of rotatable bonds is 3. The zero-order valence-corrected chi connectivity index (χ0v) is 20.5. The lowest BCUT2D eigenvalue weighted by atomic mass is 9.97. The van der Waals surface area contributed by atoms with Gasteiger partial charge in [-0.05, 0) is 63.2 Å². The van der Waals surface area contributed by atoms with E-state index >= 15 is 4.39 Å². The molecule has 8 nitrogen and oxygen atoms in total. The average molecular weight is 494 g/mol. The molecule has 3 aromatic heterocycles. The van der Waals surface area contributed by atoms with E-state index in [2.05, 4.69) is 42.1 Å². The van der Waals surface area contributed by atoms with Crippen molar-refractivity contribution in [1.29, 1.82) is 0 Å². The van der Waals surface area contributed by atoms with Crippen LogP contribution in [0.15, 0.2) is 58.4 Å². The second-order valence-corrected chi connectivity index (χ2v) is 8.50. The van der Waals surface area contributed by atoms with Crippen molar-refractivity contribution in [2.45, 2.75) is 33.2 Å². The van der Waals surface area contributed by atoms with Crippen molar-refractivity contribution in [3.8, 4) is 40.5 Å². The van der Waals surface area contributed by atoms with Crippen LogP contribution in [0.25, 0.3) is 33.4 Å². The van der Waals surface area contributed by atoms with E-state index < -0.39 is 5.82 Å². The highest BCUT2D eigenvalue weighted by Gasteiger charge is 2.27. The lowest BCUT2D eigenvalue weighted by Gasteiger charge is -2.12. The third-order valence-corrected chi connectivity index (χ3v) is 6.29. The third kappa shape index (κ3) is 4.23. The summed E-state index contributed by atoms with van der Waals surface area (Å²) in [6, 6.07) is 8.40. The van der Waals surface area contributed by atoms with Crippen LogP contribution in [0.1, 0.15) is 31.7 Å². The van der Waals surface area contributed by atoms with Crippen molar-refractivity contribution in [2.75, 3.05) is 5.73 Å². The summed E-state index contributed by atoms with van der Waals surface area (Å²) in [5, 5.41) is 0.651. The number of aryl methyl sites for hydroxylation is 2. The Hall–Kier alpha value is -4.84. The Labute approximate surface area is 213 Å². The Morgan fingerprint density at radius 2 is 2.14 bits per heavy atom. The Bertz CT molecular complexity index is 1660. The number of terminal acetylenes is 1. The number of benzene rings is 1. The van der Waals surface area contributed by atoms with E-state index in [0.717, 1.165) is 35.4 Å². The molecule has 4 aromatic rings. The van der Waals surface area contributed by atoms with Crippen LogP contribution >= 0.6 is 0 Å². The number of amidine groups is 1. The van der Waals surface area contributed by atoms with E-state index in [-0.39, 0.29) is 11.8 Å². The largest absolute Gasteiger partial charge is 0.421 e. The van der Waals surface area contributed by atoms with Crippen molar-refractivity contribution in [3.63, 3.8) is 0 Å². The number of nitrogens with zero attached hydrogens (tertiary/aromatic N) is 6. The van der Waals surface area contributed by atoms with Crippen LogP contribution in [0.4, 0.5) is 10.2 Å². The fourth-order valence-electron chi connectivity index (χ4n) is 4.51. The molecule has 2 N–H and O–H groups in total. The summed E-state index contributed by atoms with van der Waals surface area (Å²) in [7, 11) is 0. The van der Waals surface area contributed by atoms with Gasteiger partial charge in [-0.25, -0.2) is 29.3 Å². The molecule has 0 saturated carbocycles. The van der Waals surface area contributed by atoms with Gasteiger partial charge >= 0.3 is 6.02 Å². The van der Waals surface area contributed by atoms with E-state index in [4.69, 9.17) is 16.9 Å². The first kappa shape index (κ1) is 23.9. The molecule has 0 unspecified atom stereocenters. The molecule has 0 radical (unpaired) electrons. The molecule has 0 amide bonds. The number of fused-ring (bicyclic) bond motifs is 5. The zero-order chi connectivity index (χ0) is 26.1. The Balaban J connectivity index is 1.72. The maximum absolute atomic E-state index is 15.4. The average Bonchev–Trinajstić information content (AvgIpc) is 3.12. The number of aliphatic imine (C=N–C) groups is 2. The quantitative estimate of drug-likeness (QED) is 0.241. The van der Waals surface area contributed by atoms with Gasteiger partial charge in [0.1, 0.15) is 23.5 Å². The summed E-state index contributed by atoms with van der Waals surface area (Å²) in [6.45, 7) is 7.76. The summed E-state index contributed by atoms with van der Waals surface area (Å²) in [4.78, 5) is 21.4. The number of allylic oxidation sites excluding steroid dienone is 2. The second-order valence-electron chi connectivity index (χ2n) is 8.50. The second kappa shape index (κ2) is 9.66. The molecule has 4 heterocycles. The number of anilines is 1. The Morgan fingerprint density at radius 3 is 2.86 bits per heavy atom. The van der Waals surface area contributed by atoms with Crippen molar-refractivity contribution >= 4 is 29.6 Å². The predicted octanol–water partition coefficient (Wildman–Crippen LogP) is 5.17. The normalized spacial score (nSPS) is 13.5. The van der Waals surface area contributed by atoms with Crippen LogP contribution in [-0.2, 0) is 13.0 Å². The topological polar surface area (TPSA) is 104 Å². The summed E-state index contributed by atoms with van der Waals surface area (Å²) >= 11 is 0. The van der Waals surface area contributed by atoms with Gasteiger partial charge in [-0.2, -0.15) is 0 Å². The standard InChI is InChI=1S/C28H24FN7O/c1-5-16(3)34-28(31-4)37-22-12-9-17(14-20(22)29)23-24-26(30)32-15-33-27(24)36-13-7-8-21-19(25(23)36)11-10-18(6-2)35-21/h2,5,9-12,14-15H,4,7-8,13H2,1,3H3,(H2,30,32,33)/b16-5-,34-28+. The molecule has 9 heteroatoms. The highest BCUT2D eigenvalue weighted by molar-refractivity contribution is 6.08. The number of pyridine rings is 1. The van der Waals surface area contributed by atoms with E-state index in [1.165, 1.54) is 18.5 Å². The fraction of sp³-hybridized carbons (Fsp3) is 0.179. The third-order valence-electron chi connectivity index (χ3n) is 6.29. The lowest BCUT2D eigenvalue weighted by Crippen LogP contribution is -2.06. The molecule has 5 rings (SSSR count). The van der Waals surface area contributed by atoms with Gasteiger partial charge in [0.15, 0.2) is 11.6 Å². The van der Waals surface area contributed by atoms with Gasteiger partial charge in [-0.15, -0.1) is 6.42 Å². The molecular weight excluding hydrogens is 469 g/mol. The number of ether oxygens (including phenoxy) is 1. The molecule has 37 heavy (non-hydrogen) atoms. The van der Waals surface area contributed by atoms with Gasteiger partial charge in [-0.1, -0.05) is 18.1 Å². The van der Waals surface area contributed by atoms with Crippen LogP contribution < -0.4 is 10.5 Å². The number of nitrogens with two attached hydrogens (primary N) is 1. The van der Waals surface area contributed by atoms with Crippen molar-refractivity contribution in [2.24, 2.45) is 9.98 Å². The first-order valence-corrected chi connectivity index (χ1v) is 11.7. The molecular formula is C28H24FN7O. The summed E-state index contributed by atoms with van der Waals surface area (Å²) in [5.74, 6) is 2.29. The van der Waals surface area contributed by atoms with Crippen molar-refractivity contribution in [3.05, 3.63) is 65.6 Å². The lowest BCUT2D eigenvalue weighted by molar-refractivity contribution is 0.486. The number of hydrogen-bond donors (Lipinski definition) is 1. The summed E-state index contributed by atoms with van der Waals surface area (Å²) in [6.07, 6.45) is 10.4. The minimum atomic E-state index is -0.592. The number of aromatic nitrogens is 4. The molecule has 0 aliphatic carbocycles. The summed E-state index contributed by atoms with van der Waals surface area (Å²) in [5.41, 5.74) is 12.2. The molecule has 1 aliphatic rings. The van der Waals surface area contributed by atoms with E-state index in [9.17, 15) is 0 Å². The molecule has 0 saturated heterocycles. The van der Waals surface area contributed by atoms with E-state index in [0.29, 0.717) is 40.4 Å². The molecule has 0 spiro atoms. The fourth-order valence-corrected chi connectivity index (χ4v) is 4.51.